The van der Waals surface area contributed by atoms with Crippen molar-refractivity contribution in [3.63, 3.8) is 0 Å². The molecular weight excluding hydrogens is 342 g/mol. The Morgan fingerprint density at radius 1 is 1.21 bits per heavy atom. The van der Waals surface area contributed by atoms with Crippen molar-refractivity contribution in [3.8, 4) is 0 Å². The zero-order valence-corrected chi connectivity index (χ0v) is 13.1. The molecule has 84 valence electrons. The summed E-state index contributed by atoms with van der Waals surface area (Å²) in [7, 11) is 2.27. The van der Waals surface area contributed by atoms with Crippen molar-refractivity contribution in [2.24, 2.45) is 5.92 Å². The van der Waals surface area contributed by atoms with Gasteiger partial charge in [-0.3, -0.25) is 0 Å². The summed E-state index contributed by atoms with van der Waals surface area (Å²) >= 11 is 0. The van der Waals surface area contributed by atoms with Crippen LogP contribution in [-0.4, -0.2) is 24.5 Å². The Labute approximate surface area is 105 Å². The predicted molar refractivity (Wildman–Crippen MR) is 60.4 cm³/mol. The summed E-state index contributed by atoms with van der Waals surface area (Å²) in [6, 6.07) is 0.911. The van der Waals surface area contributed by atoms with E-state index in [1.807, 2.05) is 13.8 Å². The third-order valence-corrected chi connectivity index (χ3v) is 3.05. The maximum Gasteiger partial charge on any atom is 2.00 e. The van der Waals surface area contributed by atoms with Gasteiger partial charge in [0.25, 0.3) is 0 Å². The fourth-order valence-corrected chi connectivity index (χ4v) is 2.41. The van der Waals surface area contributed by atoms with Gasteiger partial charge in [0.2, 0.25) is 0 Å². The molecule has 1 nitrogen and oxygen atoms in total. The van der Waals surface area contributed by atoms with E-state index in [0.717, 1.165) is 12.0 Å². The first kappa shape index (κ1) is 17.1. The Morgan fingerprint density at radius 3 is 2.43 bits per heavy atom. The van der Waals surface area contributed by atoms with E-state index in [1.54, 1.807) is 0 Å². The SMILES string of the molecule is CC.CN1CCC2[CH-]CCCC21.[CH3-].[W+2]. The van der Waals surface area contributed by atoms with Crippen LogP contribution in [0.1, 0.15) is 39.5 Å². The molecule has 1 heterocycles. The first-order valence-corrected chi connectivity index (χ1v) is 5.41. The second-order valence-electron chi connectivity index (χ2n) is 3.67. The molecule has 1 aliphatic carbocycles. The minimum atomic E-state index is 0. The molecule has 1 aliphatic heterocycles. The molecule has 14 heavy (non-hydrogen) atoms. The molecule has 0 N–H and O–H groups in total. The van der Waals surface area contributed by atoms with E-state index in [-0.39, 0.29) is 28.5 Å². The Bertz CT molecular complexity index is 125. The Morgan fingerprint density at radius 2 is 1.86 bits per heavy atom. The van der Waals surface area contributed by atoms with E-state index in [4.69, 9.17) is 0 Å². The van der Waals surface area contributed by atoms with Crippen molar-refractivity contribution in [1.82, 2.24) is 4.90 Å². The second-order valence-corrected chi connectivity index (χ2v) is 3.67. The molecule has 1 saturated heterocycles. The van der Waals surface area contributed by atoms with Crippen LogP contribution in [0.5, 0.6) is 0 Å². The predicted octanol–water partition coefficient (Wildman–Crippen LogP) is 3.17. The molecule has 2 atom stereocenters. The maximum absolute atomic E-state index is 2.54. The van der Waals surface area contributed by atoms with E-state index in [0.29, 0.717) is 0 Å². The van der Waals surface area contributed by atoms with E-state index in [1.165, 1.54) is 32.2 Å². The molecule has 0 aromatic carbocycles. The van der Waals surface area contributed by atoms with E-state index in [9.17, 15) is 0 Å². The van der Waals surface area contributed by atoms with Crippen molar-refractivity contribution in [3.05, 3.63) is 13.8 Å². The van der Waals surface area contributed by atoms with Gasteiger partial charge in [0.15, 0.2) is 0 Å². The third kappa shape index (κ3) is 4.03. The fraction of sp³-hybridized carbons (Fsp3) is 0.833. The van der Waals surface area contributed by atoms with Gasteiger partial charge in [-0.25, -0.2) is 0 Å². The van der Waals surface area contributed by atoms with Gasteiger partial charge < -0.3 is 18.7 Å². The summed E-state index contributed by atoms with van der Waals surface area (Å²) < 4.78 is 0. The van der Waals surface area contributed by atoms with Crippen LogP contribution in [-0.2, 0) is 21.1 Å². The van der Waals surface area contributed by atoms with Gasteiger partial charge in [-0.15, -0.1) is 0 Å². The molecule has 0 aromatic heterocycles. The number of nitrogens with zero attached hydrogens (tertiary/aromatic N) is 1. The van der Waals surface area contributed by atoms with Gasteiger partial charge in [-0.2, -0.15) is 12.3 Å². The van der Waals surface area contributed by atoms with Crippen LogP contribution in [0, 0.1) is 19.8 Å². The number of fused-ring (bicyclic) bond motifs is 1. The van der Waals surface area contributed by atoms with Crippen LogP contribution < -0.4 is 0 Å². The summed E-state index contributed by atoms with van der Waals surface area (Å²) in [4.78, 5) is 2.53. The molecule has 2 rings (SSSR count). The number of hydrogen-bond acceptors (Lipinski definition) is 1. The number of likely N-dealkylation sites (tertiary alicyclic amines) is 1. The molecule has 0 bridgehead atoms. The van der Waals surface area contributed by atoms with E-state index < -0.39 is 0 Å². The van der Waals surface area contributed by atoms with E-state index in [2.05, 4.69) is 18.4 Å². The smallest absolute Gasteiger partial charge is 0.358 e. The van der Waals surface area contributed by atoms with Crippen molar-refractivity contribution >= 4 is 0 Å². The summed E-state index contributed by atoms with van der Waals surface area (Å²) in [6.07, 6.45) is 8.19. The van der Waals surface area contributed by atoms with Gasteiger partial charge >= 0.3 is 21.1 Å². The zero-order valence-electron chi connectivity index (χ0n) is 10.1. The Kier molecular flexibility index (Phi) is 10.9. The number of rotatable bonds is 0. The topological polar surface area (TPSA) is 3.24 Å². The quantitative estimate of drug-likeness (QED) is 0.595. The first-order valence-electron chi connectivity index (χ1n) is 5.41. The average molecular weight is 367 g/mol. The van der Waals surface area contributed by atoms with Crippen LogP contribution in [0.15, 0.2) is 0 Å². The Balaban J connectivity index is 0. The molecule has 2 unspecified atom stereocenters. The summed E-state index contributed by atoms with van der Waals surface area (Å²) in [5.41, 5.74) is 0. The first-order chi connectivity index (χ1) is 5.88. The molecular formula is C12H25NW. The summed E-state index contributed by atoms with van der Waals surface area (Å²) in [5.74, 6) is 0.943. The molecule has 1 saturated carbocycles. The molecule has 0 amide bonds. The van der Waals surface area contributed by atoms with Crippen molar-refractivity contribution in [2.45, 2.75) is 45.6 Å². The molecule has 2 aliphatic rings. The van der Waals surface area contributed by atoms with Crippen LogP contribution in [0.4, 0.5) is 0 Å². The van der Waals surface area contributed by atoms with Gasteiger partial charge in [-0.1, -0.05) is 26.7 Å². The van der Waals surface area contributed by atoms with E-state index >= 15 is 0 Å². The zero-order chi connectivity index (χ0) is 8.97. The molecule has 2 heteroatoms. The van der Waals surface area contributed by atoms with Crippen LogP contribution in [0.25, 0.3) is 0 Å². The molecule has 0 spiro atoms. The standard InChI is InChI=1S/C9H16N.C2H6.CH3.W/c1-10-7-6-8-4-2-3-5-9(8)10;1-2;;/h4,8-9H,2-3,5-7H2,1H3;1-2H3;1H3;/q-1;;-1;+2. The number of hydrogen-bond donors (Lipinski definition) is 0. The third-order valence-electron chi connectivity index (χ3n) is 3.05. The minimum Gasteiger partial charge on any atom is -0.358 e. The van der Waals surface area contributed by atoms with Gasteiger partial charge in [0.05, 0.1) is 0 Å². The maximum atomic E-state index is 2.54. The second kappa shape index (κ2) is 8.92. The van der Waals surface area contributed by atoms with Crippen molar-refractivity contribution in [2.75, 3.05) is 13.6 Å². The van der Waals surface area contributed by atoms with Crippen molar-refractivity contribution in [1.29, 1.82) is 0 Å². The normalized spacial score (nSPS) is 30.2. The van der Waals surface area contributed by atoms with Crippen LogP contribution in [0.2, 0.25) is 0 Å². The summed E-state index contributed by atoms with van der Waals surface area (Å²) in [6.45, 7) is 5.33. The molecule has 0 aromatic rings. The van der Waals surface area contributed by atoms with Gasteiger partial charge in [0, 0.05) is 0 Å². The average Bonchev–Trinajstić information content (AvgIpc) is 2.53. The fourth-order valence-electron chi connectivity index (χ4n) is 2.41. The monoisotopic (exact) mass is 367 g/mol. The van der Waals surface area contributed by atoms with Gasteiger partial charge in [0.1, 0.15) is 0 Å². The minimum absolute atomic E-state index is 0. The Hall–Kier alpha value is 0.648. The summed E-state index contributed by atoms with van der Waals surface area (Å²) in [5, 5.41) is 0. The largest absolute Gasteiger partial charge is 2.00 e. The van der Waals surface area contributed by atoms with Crippen LogP contribution >= 0.6 is 0 Å². The van der Waals surface area contributed by atoms with Gasteiger partial charge in [-0.05, 0) is 26.1 Å². The van der Waals surface area contributed by atoms with Crippen LogP contribution in [0.3, 0.4) is 0 Å². The molecule has 2 fully saturated rings. The molecule has 0 radical (unpaired) electrons. The van der Waals surface area contributed by atoms with Crippen molar-refractivity contribution < 1.29 is 21.1 Å².